The van der Waals surface area contributed by atoms with Crippen molar-refractivity contribution >= 4 is 15.9 Å². The third-order valence-electron chi connectivity index (χ3n) is 3.76. The molecule has 3 heteroatoms. The van der Waals surface area contributed by atoms with E-state index < -0.39 is 0 Å². The number of likely N-dealkylation sites (tertiary alicyclic amines) is 1. The number of piperidine rings is 1. The number of hydrogen-bond donors (Lipinski definition) is 1. The number of nitrogens with zero attached hydrogens (tertiary/aromatic N) is 1. The molecule has 1 aliphatic rings. The van der Waals surface area contributed by atoms with Crippen molar-refractivity contribution in [2.24, 2.45) is 5.73 Å². The van der Waals surface area contributed by atoms with E-state index in [1.165, 1.54) is 16.5 Å². The van der Waals surface area contributed by atoms with Gasteiger partial charge in [0.1, 0.15) is 0 Å². The van der Waals surface area contributed by atoms with Crippen LogP contribution in [0.2, 0.25) is 0 Å². The molecule has 2 unspecified atom stereocenters. The second-order valence-corrected chi connectivity index (χ2v) is 6.99. The fourth-order valence-corrected chi connectivity index (χ4v) is 3.41. The summed E-state index contributed by atoms with van der Waals surface area (Å²) in [7, 11) is 0. The highest BCUT2D eigenvalue weighted by Crippen LogP contribution is 2.38. The summed E-state index contributed by atoms with van der Waals surface area (Å²) < 4.78 is 1.17. The Kier molecular flexibility index (Phi) is 4.15. The van der Waals surface area contributed by atoms with Crippen molar-refractivity contribution in [1.82, 2.24) is 4.90 Å². The molecule has 2 N–H and O–H groups in total. The number of rotatable bonds is 1. The normalized spacial score (nSPS) is 26.3. The molecule has 0 bridgehead atoms. The quantitative estimate of drug-likeness (QED) is 0.856. The molecular formula is C15H23BrN2. The fraction of sp³-hybridized carbons (Fsp3) is 0.600. The highest BCUT2D eigenvalue weighted by molar-refractivity contribution is 9.10. The molecule has 1 fully saturated rings. The SMILES string of the molecule is CC(C)(C)N1CCCC(N)C1c1ccccc1Br. The van der Waals surface area contributed by atoms with E-state index in [0.717, 1.165) is 13.0 Å². The Hall–Kier alpha value is -0.380. The lowest BCUT2D eigenvalue weighted by molar-refractivity contribution is 0.0381. The summed E-state index contributed by atoms with van der Waals surface area (Å²) in [5, 5.41) is 0. The van der Waals surface area contributed by atoms with Crippen LogP contribution in [0.5, 0.6) is 0 Å². The van der Waals surface area contributed by atoms with Gasteiger partial charge in [-0.2, -0.15) is 0 Å². The highest BCUT2D eigenvalue weighted by atomic mass is 79.9. The summed E-state index contributed by atoms with van der Waals surface area (Å²) in [6.45, 7) is 7.95. The zero-order valence-electron chi connectivity index (χ0n) is 11.5. The zero-order chi connectivity index (χ0) is 13.3. The first-order valence-corrected chi connectivity index (χ1v) is 7.47. The van der Waals surface area contributed by atoms with Gasteiger partial charge in [-0.25, -0.2) is 0 Å². The molecule has 1 aliphatic heterocycles. The Bertz CT molecular complexity index is 411. The van der Waals surface area contributed by atoms with Gasteiger partial charge in [-0.15, -0.1) is 0 Å². The Morgan fingerprint density at radius 3 is 2.56 bits per heavy atom. The van der Waals surface area contributed by atoms with Gasteiger partial charge in [0.25, 0.3) is 0 Å². The third-order valence-corrected chi connectivity index (χ3v) is 4.49. The Labute approximate surface area is 119 Å². The molecule has 100 valence electrons. The van der Waals surface area contributed by atoms with Crippen LogP contribution in [-0.4, -0.2) is 23.0 Å². The first-order valence-electron chi connectivity index (χ1n) is 6.68. The van der Waals surface area contributed by atoms with Crippen LogP contribution in [0.1, 0.15) is 45.2 Å². The second kappa shape index (κ2) is 5.32. The van der Waals surface area contributed by atoms with E-state index in [-0.39, 0.29) is 11.6 Å². The van der Waals surface area contributed by atoms with Crippen LogP contribution in [0.15, 0.2) is 28.7 Å². The molecule has 1 aromatic carbocycles. The maximum absolute atomic E-state index is 6.40. The largest absolute Gasteiger partial charge is 0.326 e. The van der Waals surface area contributed by atoms with E-state index in [2.05, 4.69) is 65.9 Å². The van der Waals surface area contributed by atoms with Crippen molar-refractivity contribution < 1.29 is 0 Å². The van der Waals surface area contributed by atoms with Gasteiger partial charge in [-0.1, -0.05) is 34.1 Å². The van der Waals surface area contributed by atoms with Gasteiger partial charge in [-0.05, 0) is 51.8 Å². The smallest absolute Gasteiger partial charge is 0.0515 e. The molecule has 18 heavy (non-hydrogen) atoms. The zero-order valence-corrected chi connectivity index (χ0v) is 13.1. The first kappa shape index (κ1) is 14.0. The summed E-state index contributed by atoms with van der Waals surface area (Å²) in [5.74, 6) is 0. The predicted molar refractivity (Wildman–Crippen MR) is 80.6 cm³/mol. The maximum Gasteiger partial charge on any atom is 0.0515 e. The minimum atomic E-state index is 0.151. The average molecular weight is 311 g/mol. The van der Waals surface area contributed by atoms with E-state index in [0.29, 0.717) is 6.04 Å². The van der Waals surface area contributed by atoms with Crippen molar-refractivity contribution in [3.05, 3.63) is 34.3 Å². The lowest BCUT2D eigenvalue weighted by Gasteiger charge is -2.47. The standard InChI is InChI=1S/C15H23BrN2/c1-15(2,3)18-10-6-9-13(17)14(18)11-7-4-5-8-12(11)16/h4-5,7-8,13-14H,6,9-10,17H2,1-3H3. The molecule has 2 atom stereocenters. The summed E-state index contributed by atoms with van der Waals surface area (Å²) >= 11 is 3.67. The Morgan fingerprint density at radius 2 is 1.94 bits per heavy atom. The molecule has 0 radical (unpaired) electrons. The summed E-state index contributed by atoms with van der Waals surface area (Å²) in [6, 6.07) is 8.99. The minimum Gasteiger partial charge on any atom is -0.326 e. The third kappa shape index (κ3) is 2.79. The van der Waals surface area contributed by atoms with E-state index in [1.807, 2.05) is 0 Å². The van der Waals surface area contributed by atoms with Crippen molar-refractivity contribution in [3.63, 3.8) is 0 Å². The molecule has 0 aromatic heterocycles. The number of benzene rings is 1. The van der Waals surface area contributed by atoms with E-state index >= 15 is 0 Å². The molecule has 0 amide bonds. The lowest BCUT2D eigenvalue weighted by Crippen LogP contribution is -2.53. The minimum absolute atomic E-state index is 0.151. The predicted octanol–water partition coefficient (Wildman–Crippen LogP) is 3.71. The van der Waals surface area contributed by atoms with Crippen molar-refractivity contribution in [1.29, 1.82) is 0 Å². The van der Waals surface area contributed by atoms with Crippen molar-refractivity contribution in [3.8, 4) is 0 Å². The van der Waals surface area contributed by atoms with Crippen molar-refractivity contribution in [2.45, 2.75) is 51.2 Å². The molecular weight excluding hydrogens is 288 g/mol. The van der Waals surface area contributed by atoms with Crippen molar-refractivity contribution in [2.75, 3.05) is 6.54 Å². The lowest BCUT2D eigenvalue weighted by atomic mass is 9.87. The number of nitrogens with two attached hydrogens (primary N) is 1. The van der Waals surface area contributed by atoms with Crippen LogP contribution in [0.3, 0.4) is 0 Å². The summed E-state index contributed by atoms with van der Waals surface area (Å²) in [6.07, 6.45) is 2.30. The highest BCUT2D eigenvalue weighted by Gasteiger charge is 2.37. The van der Waals surface area contributed by atoms with Crippen LogP contribution in [0, 0.1) is 0 Å². The molecule has 0 saturated carbocycles. The molecule has 2 nitrogen and oxygen atoms in total. The Morgan fingerprint density at radius 1 is 1.28 bits per heavy atom. The van der Waals surface area contributed by atoms with Gasteiger partial charge < -0.3 is 5.73 Å². The molecule has 2 rings (SSSR count). The van der Waals surface area contributed by atoms with Gasteiger partial charge in [0.05, 0.1) is 6.04 Å². The van der Waals surface area contributed by atoms with Crippen LogP contribution in [0.25, 0.3) is 0 Å². The fourth-order valence-electron chi connectivity index (χ4n) is 2.89. The second-order valence-electron chi connectivity index (χ2n) is 6.14. The maximum atomic E-state index is 6.40. The van der Waals surface area contributed by atoms with Gasteiger partial charge >= 0.3 is 0 Å². The Balaban J connectivity index is 2.40. The summed E-state index contributed by atoms with van der Waals surface area (Å²) in [4.78, 5) is 2.54. The molecule has 1 heterocycles. The van der Waals surface area contributed by atoms with Gasteiger partial charge in [0, 0.05) is 16.1 Å². The molecule has 0 aliphatic carbocycles. The molecule has 0 spiro atoms. The number of hydrogen-bond acceptors (Lipinski definition) is 2. The molecule has 1 aromatic rings. The number of halogens is 1. The van der Waals surface area contributed by atoms with Crippen LogP contribution < -0.4 is 5.73 Å². The van der Waals surface area contributed by atoms with Gasteiger partial charge in [0.2, 0.25) is 0 Å². The molecule has 1 saturated heterocycles. The van der Waals surface area contributed by atoms with E-state index in [9.17, 15) is 0 Å². The summed E-state index contributed by atoms with van der Waals surface area (Å²) in [5.41, 5.74) is 7.87. The topological polar surface area (TPSA) is 29.3 Å². The van der Waals surface area contributed by atoms with Crippen LogP contribution >= 0.6 is 15.9 Å². The van der Waals surface area contributed by atoms with Gasteiger partial charge in [0.15, 0.2) is 0 Å². The van der Waals surface area contributed by atoms with E-state index in [4.69, 9.17) is 5.73 Å². The monoisotopic (exact) mass is 310 g/mol. The van der Waals surface area contributed by atoms with E-state index in [1.54, 1.807) is 0 Å². The van der Waals surface area contributed by atoms with Gasteiger partial charge in [-0.3, -0.25) is 4.90 Å². The first-order chi connectivity index (χ1) is 8.41. The van der Waals surface area contributed by atoms with Crippen LogP contribution in [0.4, 0.5) is 0 Å². The average Bonchev–Trinajstić information content (AvgIpc) is 2.29. The van der Waals surface area contributed by atoms with Crippen LogP contribution in [-0.2, 0) is 0 Å².